The summed E-state index contributed by atoms with van der Waals surface area (Å²) in [7, 11) is 0. The molecule has 2 fully saturated rings. The maximum Gasteiger partial charge on any atom is 0.279 e. The van der Waals surface area contributed by atoms with Crippen LogP contribution in [0, 0.1) is 0 Å². The second kappa shape index (κ2) is 10.1. The molecule has 186 valence electrons. The summed E-state index contributed by atoms with van der Waals surface area (Å²) in [4.78, 5) is 25.6. The van der Waals surface area contributed by atoms with E-state index >= 15 is 0 Å². The predicted molar refractivity (Wildman–Crippen MR) is 135 cm³/mol. The molecule has 0 atom stereocenters. The molecule has 6 rings (SSSR count). The third-order valence-corrected chi connectivity index (χ3v) is 7.63. The fourth-order valence-electron chi connectivity index (χ4n) is 5.67. The highest BCUT2D eigenvalue weighted by molar-refractivity contribution is 5.43. The Morgan fingerprint density at radius 2 is 1.69 bits per heavy atom. The molecule has 9 nitrogen and oxygen atoms in total. The van der Waals surface area contributed by atoms with Crippen molar-refractivity contribution in [1.29, 1.82) is 0 Å². The quantitative estimate of drug-likeness (QED) is 0.536. The van der Waals surface area contributed by atoms with E-state index in [9.17, 15) is 4.79 Å². The molecule has 3 aromatic rings. The van der Waals surface area contributed by atoms with Crippen molar-refractivity contribution in [3.8, 4) is 0 Å². The lowest BCUT2D eigenvalue weighted by Gasteiger charge is -2.32. The van der Waals surface area contributed by atoms with Crippen LogP contribution in [0.3, 0.4) is 0 Å². The topological polar surface area (TPSA) is 71.1 Å². The number of benzene rings is 1. The summed E-state index contributed by atoms with van der Waals surface area (Å²) in [5.41, 5.74) is 3.31. The van der Waals surface area contributed by atoms with E-state index in [1.165, 1.54) is 24.8 Å². The lowest BCUT2D eigenvalue weighted by molar-refractivity contribution is 0.122. The molecule has 0 amide bonds. The molecule has 2 saturated heterocycles. The van der Waals surface area contributed by atoms with E-state index in [2.05, 4.69) is 49.6 Å². The number of hydrogen-bond acceptors (Lipinski definition) is 7. The molecular weight excluding hydrogens is 442 g/mol. The number of anilines is 1. The highest BCUT2D eigenvalue weighted by Gasteiger charge is 2.27. The molecule has 1 aromatic carbocycles. The van der Waals surface area contributed by atoms with E-state index in [1.54, 1.807) is 4.52 Å². The van der Waals surface area contributed by atoms with Crippen LogP contribution in [0.2, 0.25) is 0 Å². The largest absolute Gasteiger partial charge is 0.378 e. The summed E-state index contributed by atoms with van der Waals surface area (Å²) < 4.78 is 9.36. The Balaban J connectivity index is 1.36. The molecule has 0 radical (unpaired) electrons. The molecule has 0 bridgehead atoms. The van der Waals surface area contributed by atoms with E-state index < -0.39 is 0 Å². The summed E-state index contributed by atoms with van der Waals surface area (Å²) in [5.74, 6) is 1.31. The van der Waals surface area contributed by atoms with Crippen molar-refractivity contribution in [2.45, 2.75) is 45.3 Å². The predicted octanol–water partition coefficient (Wildman–Crippen LogP) is 1.77. The number of rotatable bonds is 6. The number of piperidine rings is 1. The first-order chi connectivity index (χ1) is 17.3. The molecule has 3 aliphatic rings. The zero-order valence-electron chi connectivity index (χ0n) is 20.4. The third-order valence-electron chi connectivity index (χ3n) is 7.63. The highest BCUT2D eigenvalue weighted by Crippen LogP contribution is 2.22. The van der Waals surface area contributed by atoms with Crippen LogP contribution < -0.4 is 10.5 Å². The molecule has 3 aliphatic heterocycles. The lowest BCUT2D eigenvalue weighted by Crippen LogP contribution is -2.40. The number of likely N-dealkylation sites (tertiary alicyclic amines) is 1. The van der Waals surface area contributed by atoms with Gasteiger partial charge in [-0.2, -0.15) is 9.50 Å². The van der Waals surface area contributed by atoms with Crippen LogP contribution in [0.25, 0.3) is 5.78 Å². The number of nitrogens with zero attached hydrogens (tertiary/aromatic N) is 7. The Morgan fingerprint density at radius 1 is 0.886 bits per heavy atom. The number of aromatic nitrogens is 4. The first kappa shape index (κ1) is 22.7. The average molecular weight is 478 g/mol. The minimum absolute atomic E-state index is 0.00408. The van der Waals surface area contributed by atoms with Crippen molar-refractivity contribution >= 4 is 11.7 Å². The summed E-state index contributed by atoms with van der Waals surface area (Å²) in [6.07, 6.45) is 4.62. The molecule has 0 saturated carbocycles. The molecule has 35 heavy (non-hydrogen) atoms. The third kappa shape index (κ3) is 4.72. The zero-order chi connectivity index (χ0) is 23.6. The molecule has 0 aliphatic carbocycles. The molecule has 5 heterocycles. The Hall–Kier alpha value is -2.75. The average Bonchev–Trinajstić information content (AvgIpc) is 3.36. The number of ether oxygens (including phenoxy) is 1. The Bertz CT molecular complexity index is 1210. The SMILES string of the molecule is O=c1c2c(n(CCN3CCCCC3)c3nc(N4CCOCC4)nn13)CN(Cc1ccccc1)CC2. The van der Waals surface area contributed by atoms with Crippen molar-refractivity contribution in [3.05, 3.63) is 57.5 Å². The van der Waals surface area contributed by atoms with Gasteiger partial charge in [-0.1, -0.05) is 36.8 Å². The number of fused-ring (bicyclic) bond motifs is 2. The Morgan fingerprint density at radius 3 is 2.49 bits per heavy atom. The standard InChI is InChI=1S/C26H35N7O2/c34-24-22-9-12-30(19-21-7-3-1-4-8-21)20-23(22)32(14-13-29-10-5-2-6-11-29)26-27-25(28-33(24)26)31-15-17-35-18-16-31/h1,3-4,7-8H,2,5-6,9-20H2. The van der Waals surface area contributed by atoms with Crippen molar-refractivity contribution in [3.63, 3.8) is 0 Å². The van der Waals surface area contributed by atoms with Gasteiger partial charge in [0.25, 0.3) is 5.56 Å². The van der Waals surface area contributed by atoms with Crippen molar-refractivity contribution in [2.24, 2.45) is 0 Å². The number of hydrogen-bond donors (Lipinski definition) is 0. The maximum atomic E-state index is 13.6. The fraction of sp³-hybridized carbons (Fsp3) is 0.577. The molecule has 2 aromatic heterocycles. The molecule has 9 heteroatoms. The van der Waals surface area contributed by atoms with E-state index in [-0.39, 0.29) is 5.56 Å². The molecule has 0 spiro atoms. The highest BCUT2D eigenvalue weighted by atomic mass is 16.5. The fourth-order valence-corrected chi connectivity index (χ4v) is 5.67. The van der Waals surface area contributed by atoms with Gasteiger partial charge in [-0.05, 0) is 37.9 Å². The van der Waals surface area contributed by atoms with Gasteiger partial charge in [0.15, 0.2) is 0 Å². The first-order valence-corrected chi connectivity index (χ1v) is 13.1. The van der Waals surface area contributed by atoms with Gasteiger partial charge in [0.1, 0.15) is 0 Å². The van der Waals surface area contributed by atoms with Gasteiger partial charge in [-0.25, -0.2) is 0 Å². The van der Waals surface area contributed by atoms with Crippen LogP contribution in [0.5, 0.6) is 0 Å². The van der Waals surface area contributed by atoms with E-state index in [0.717, 1.165) is 76.6 Å². The van der Waals surface area contributed by atoms with E-state index in [4.69, 9.17) is 14.8 Å². The van der Waals surface area contributed by atoms with Crippen LogP contribution in [-0.4, -0.2) is 81.4 Å². The van der Waals surface area contributed by atoms with Gasteiger partial charge in [-0.3, -0.25) is 9.69 Å². The summed E-state index contributed by atoms with van der Waals surface area (Å²) >= 11 is 0. The van der Waals surface area contributed by atoms with Crippen LogP contribution in [0.1, 0.15) is 36.1 Å². The molecule has 0 N–H and O–H groups in total. The second-order valence-corrected chi connectivity index (χ2v) is 9.95. The minimum atomic E-state index is -0.00408. The minimum Gasteiger partial charge on any atom is -0.378 e. The monoisotopic (exact) mass is 477 g/mol. The van der Waals surface area contributed by atoms with E-state index in [1.807, 2.05) is 0 Å². The van der Waals surface area contributed by atoms with Gasteiger partial charge in [0, 0.05) is 57.1 Å². The normalized spacial score (nSPS) is 19.8. The van der Waals surface area contributed by atoms with Crippen LogP contribution >= 0.6 is 0 Å². The van der Waals surface area contributed by atoms with Crippen molar-refractivity contribution < 1.29 is 4.74 Å². The second-order valence-electron chi connectivity index (χ2n) is 9.95. The smallest absolute Gasteiger partial charge is 0.279 e. The summed E-state index contributed by atoms with van der Waals surface area (Å²) in [6.45, 7) is 9.48. The molecular formula is C26H35N7O2. The lowest BCUT2D eigenvalue weighted by atomic mass is 10.0. The first-order valence-electron chi connectivity index (χ1n) is 13.1. The van der Waals surface area contributed by atoms with E-state index in [0.29, 0.717) is 24.9 Å². The van der Waals surface area contributed by atoms with Crippen LogP contribution in [0.4, 0.5) is 5.95 Å². The number of morpholine rings is 1. The van der Waals surface area contributed by atoms with Gasteiger partial charge in [0.2, 0.25) is 11.7 Å². The maximum absolute atomic E-state index is 13.6. The van der Waals surface area contributed by atoms with Gasteiger partial charge in [-0.15, -0.1) is 5.10 Å². The van der Waals surface area contributed by atoms with Gasteiger partial charge in [0.05, 0.1) is 13.2 Å². The van der Waals surface area contributed by atoms with Crippen molar-refractivity contribution in [2.75, 3.05) is 57.4 Å². The Labute approximate surface area is 205 Å². The van der Waals surface area contributed by atoms with Gasteiger partial charge >= 0.3 is 0 Å². The van der Waals surface area contributed by atoms with Crippen LogP contribution in [0.15, 0.2) is 35.1 Å². The van der Waals surface area contributed by atoms with Crippen LogP contribution in [-0.2, 0) is 30.8 Å². The molecule has 0 unspecified atom stereocenters. The zero-order valence-corrected chi connectivity index (χ0v) is 20.4. The van der Waals surface area contributed by atoms with Crippen molar-refractivity contribution in [1.82, 2.24) is 29.0 Å². The Kier molecular flexibility index (Phi) is 6.54. The summed E-state index contributed by atoms with van der Waals surface area (Å²) in [6, 6.07) is 10.6. The summed E-state index contributed by atoms with van der Waals surface area (Å²) in [5, 5.41) is 4.70. The van der Waals surface area contributed by atoms with Gasteiger partial charge < -0.3 is 19.1 Å².